The lowest BCUT2D eigenvalue weighted by Gasteiger charge is -2.64. The molecule has 30 heavy (non-hydrogen) atoms. The summed E-state index contributed by atoms with van der Waals surface area (Å²) in [6.07, 6.45) is 8.43. The maximum absolute atomic E-state index is 2.84. The average molecular weight is 418 g/mol. The second kappa shape index (κ2) is 7.19. The third kappa shape index (κ3) is 4.01. The summed E-state index contributed by atoms with van der Waals surface area (Å²) >= 11 is 0. The molecule has 4 atom stereocenters. The summed E-state index contributed by atoms with van der Waals surface area (Å²) in [5.74, 6) is 0.904. The topological polar surface area (TPSA) is 9.72 Å². The van der Waals surface area contributed by atoms with Crippen molar-refractivity contribution in [2.45, 2.75) is 149 Å². The molecule has 6 aliphatic rings. The molecular weight excluding hydrogens is 366 g/mol. The second-order valence-corrected chi connectivity index (χ2v) is 14.6. The summed E-state index contributed by atoms with van der Waals surface area (Å²) in [6, 6.07) is 3.26. The van der Waals surface area contributed by atoms with Crippen molar-refractivity contribution in [1.29, 1.82) is 0 Å². The maximum Gasteiger partial charge on any atom is 0.0247 e. The SMILES string of the molecule is CC(C)(CCC(C)(C)N1CC2CC(C1)N2C(C)(C)C)C1CC2CC(C1)N2C(C)(C)C. The van der Waals surface area contributed by atoms with Gasteiger partial charge in [0, 0.05) is 53.9 Å². The Bertz CT molecular complexity index is 557. The van der Waals surface area contributed by atoms with E-state index in [0.29, 0.717) is 22.0 Å². The molecule has 1 saturated carbocycles. The van der Waals surface area contributed by atoms with Gasteiger partial charge in [-0.25, -0.2) is 0 Å². The van der Waals surface area contributed by atoms with Gasteiger partial charge >= 0.3 is 0 Å². The minimum atomic E-state index is 0.327. The Morgan fingerprint density at radius 2 is 1.00 bits per heavy atom. The van der Waals surface area contributed by atoms with Crippen molar-refractivity contribution in [2.24, 2.45) is 11.3 Å². The summed E-state index contributed by atoms with van der Waals surface area (Å²) in [5.41, 5.74) is 1.47. The number of hydrogen-bond donors (Lipinski definition) is 0. The molecule has 6 rings (SSSR count). The Morgan fingerprint density at radius 3 is 1.47 bits per heavy atom. The van der Waals surface area contributed by atoms with Crippen LogP contribution in [-0.4, -0.2) is 68.6 Å². The molecule has 0 N–H and O–H groups in total. The molecule has 1 aliphatic carbocycles. The molecule has 174 valence electrons. The van der Waals surface area contributed by atoms with Crippen molar-refractivity contribution in [1.82, 2.24) is 14.7 Å². The first kappa shape index (κ1) is 23.1. The first-order valence-electron chi connectivity index (χ1n) is 12.9. The largest absolute Gasteiger partial charge is 0.295 e. The molecule has 0 aromatic rings. The van der Waals surface area contributed by atoms with Gasteiger partial charge in [0.25, 0.3) is 0 Å². The normalized spacial score (nSPS) is 36.4. The highest BCUT2D eigenvalue weighted by Gasteiger charge is 2.53. The molecule has 0 spiro atoms. The molecule has 0 aromatic heterocycles. The molecule has 4 bridgehead atoms. The minimum absolute atomic E-state index is 0.327. The predicted molar refractivity (Wildman–Crippen MR) is 129 cm³/mol. The van der Waals surface area contributed by atoms with Crippen molar-refractivity contribution in [3.63, 3.8) is 0 Å². The van der Waals surface area contributed by atoms with Gasteiger partial charge in [0.2, 0.25) is 0 Å². The van der Waals surface area contributed by atoms with Crippen LogP contribution in [0.15, 0.2) is 0 Å². The molecule has 0 aromatic carbocycles. The predicted octanol–water partition coefficient (Wildman–Crippen LogP) is 5.78. The van der Waals surface area contributed by atoms with Crippen LogP contribution in [0.25, 0.3) is 0 Å². The molecule has 0 radical (unpaired) electrons. The Kier molecular flexibility index (Phi) is 5.52. The van der Waals surface area contributed by atoms with Gasteiger partial charge in [0.1, 0.15) is 0 Å². The molecule has 3 heteroatoms. The monoisotopic (exact) mass is 417 g/mol. The summed E-state index contributed by atoms with van der Waals surface area (Å²) in [7, 11) is 0. The van der Waals surface area contributed by atoms with Gasteiger partial charge < -0.3 is 0 Å². The number of piperidine rings is 2. The van der Waals surface area contributed by atoms with Gasteiger partial charge in [0.15, 0.2) is 0 Å². The van der Waals surface area contributed by atoms with Crippen LogP contribution >= 0.6 is 0 Å². The fourth-order valence-corrected chi connectivity index (χ4v) is 7.80. The van der Waals surface area contributed by atoms with Crippen LogP contribution in [-0.2, 0) is 0 Å². The van der Waals surface area contributed by atoms with E-state index in [4.69, 9.17) is 0 Å². The second-order valence-electron chi connectivity index (χ2n) is 14.6. The third-order valence-corrected chi connectivity index (χ3v) is 9.53. The van der Waals surface area contributed by atoms with Gasteiger partial charge in [-0.15, -0.1) is 0 Å². The summed E-state index contributed by atoms with van der Waals surface area (Å²) in [4.78, 5) is 8.45. The van der Waals surface area contributed by atoms with Crippen molar-refractivity contribution < 1.29 is 0 Å². The standard InChI is InChI=1S/C27H51N3/c1-24(2,3)29-20-13-19(14-21(29)15-20)26(7,8)11-12-27(9,10)28-17-22-16-23(18-28)30(22)25(4,5)6/h19-23H,11-18H2,1-10H3. The molecule has 6 fully saturated rings. The third-order valence-electron chi connectivity index (χ3n) is 9.53. The van der Waals surface area contributed by atoms with Crippen LogP contribution in [0.5, 0.6) is 0 Å². The zero-order valence-corrected chi connectivity index (χ0v) is 21.9. The summed E-state index contributed by atoms with van der Waals surface area (Å²) in [6.45, 7) is 27.2. The Morgan fingerprint density at radius 1 is 0.567 bits per heavy atom. The number of nitrogens with zero attached hydrogens (tertiary/aromatic N) is 3. The number of rotatable bonds is 5. The average Bonchev–Trinajstić information content (AvgIpc) is 2.57. The number of piperazine rings is 1. The highest BCUT2D eigenvalue weighted by molar-refractivity contribution is 5.09. The quantitative estimate of drug-likeness (QED) is 0.561. The highest BCUT2D eigenvalue weighted by Crippen LogP contribution is 2.52. The van der Waals surface area contributed by atoms with E-state index < -0.39 is 0 Å². The zero-order chi connectivity index (χ0) is 22.3. The molecule has 5 heterocycles. The number of fused-ring (bicyclic) bond motifs is 4. The van der Waals surface area contributed by atoms with Crippen LogP contribution in [0, 0.1) is 11.3 Å². The molecule has 0 amide bonds. The van der Waals surface area contributed by atoms with Crippen LogP contribution in [0.4, 0.5) is 0 Å². The lowest BCUT2D eigenvalue weighted by atomic mass is 9.61. The lowest BCUT2D eigenvalue weighted by Crippen LogP contribution is -2.75. The van der Waals surface area contributed by atoms with E-state index in [2.05, 4.69) is 83.9 Å². The molecule has 3 nitrogen and oxygen atoms in total. The smallest absolute Gasteiger partial charge is 0.0247 e. The Hall–Kier alpha value is -0.120. The van der Waals surface area contributed by atoms with E-state index in [-0.39, 0.29) is 0 Å². The first-order valence-corrected chi connectivity index (χ1v) is 12.9. The van der Waals surface area contributed by atoms with Crippen LogP contribution in [0.2, 0.25) is 0 Å². The van der Waals surface area contributed by atoms with E-state index in [9.17, 15) is 0 Å². The molecular formula is C27H51N3. The van der Waals surface area contributed by atoms with E-state index in [1.807, 2.05) is 0 Å². The Labute approximate surface area is 187 Å². The number of hydrogen-bond acceptors (Lipinski definition) is 3. The highest BCUT2D eigenvalue weighted by atomic mass is 15.4. The lowest BCUT2D eigenvalue weighted by molar-refractivity contribution is -0.143. The fraction of sp³-hybridized carbons (Fsp3) is 1.00. The van der Waals surface area contributed by atoms with E-state index in [0.717, 1.165) is 30.1 Å². The van der Waals surface area contributed by atoms with Gasteiger partial charge in [-0.2, -0.15) is 0 Å². The van der Waals surface area contributed by atoms with Crippen molar-refractivity contribution in [3.05, 3.63) is 0 Å². The van der Waals surface area contributed by atoms with Gasteiger partial charge in [-0.05, 0) is 105 Å². The molecule has 5 saturated heterocycles. The van der Waals surface area contributed by atoms with Crippen molar-refractivity contribution in [3.8, 4) is 0 Å². The Balaban J connectivity index is 1.31. The maximum atomic E-state index is 2.84. The first-order chi connectivity index (χ1) is 13.6. The molecule has 5 aliphatic heterocycles. The molecule has 4 unspecified atom stereocenters. The zero-order valence-electron chi connectivity index (χ0n) is 21.9. The van der Waals surface area contributed by atoms with Crippen LogP contribution in [0.1, 0.15) is 108 Å². The fourth-order valence-electron chi connectivity index (χ4n) is 7.80. The van der Waals surface area contributed by atoms with Gasteiger partial charge in [-0.3, -0.25) is 14.7 Å². The van der Waals surface area contributed by atoms with E-state index in [1.54, 1.807) is 0 Å². The van der Waals surface area contributed by atoms with Crippen LogP contribution in [0.3, 0.4) is 0 Å². The van der Waals surface area contributed by atoms with E-state index >= 15 is 0 Å². The van der Waals surface area contributed by atoms with Gasteiger partial charge in [-0.1, -0.05) is 13.8 Å². The minimum Gasteiger partial charge on any atom is -0.295 e. The van der Waals surface area contributed by atoms with Crippen LogP contribution < -0.4 is 0 Å². The van der Waals surface area contributed by atoms with Crippen molar-refractivity contribution >= 4 is 0 Å². The summed E-state index contributed by atoms with van der Waals surface area (Å²) < 4.78 is 0. The van der Waals surface area contributed by atoms with Crippen molar-refractivity contribution in [2.75, 3.05) is 13.1 Å². The van der Waals surface area contributed by atoms with Gasteiger partial charge in [0.05, 0.1) is 0 Å². The van der Waals surface area contributed by atoms with E-state index in [1.165, 1.54) is 51.6 Å². The summed E-state index contributed by atoms with van der Waals surface area (Å²) in [5, 5.41) is 0.